The van der Waals surface area contributed by atoms with Crippen molar-refractivity contribution < 1.29 is 9.53 Å². The SMILES string of the molecule is CC(CC(=O)N1CC(C)C(N2CCOCC2)C1)C1CCNCC1.Cl.Cl. The predicted molar refractivity (Wildman–Crippen MR) is 106 cm³/mol. The molecule has 3 aliphatic heterocycles. The number of likely N-dealkylation sites (tertiary alicyclic amines) is 1. The molecule has 3 saturated heterocycles. The van der Waals surface area contributed by atoms with Gasteiger partial charge in [-0.15, -0.1) is 24.8 Å². The molecule has 25 heavy (non-hydrogen) atoms. The molecular weight excluding hydrogens is 361 g/mol. The third kappa shape index (κ3) is 5.96. The number of piperidine rings is 1. The zero-order valence-electron chi connectivity index (χ0n) is 15.6. The molecule has 1 amide bonds. The Bertz CT molecular complexity index is 402. The van der Waals surface area contributed by atoms with E-state index in [2.05, 4.69) is 29.0 Å². The Morgan fingerprint density at radius 2 is 1.80 bits per heavy atom. The van der Waals surface area contributed by atoms with E-state index in [1.807, 2.05) is 0 Å². The van der Waals surface area contributed by atoms with Crippen molar-refractivity contribution in [2.45, 2.75) is 39.2 Å². The van der Waals surface area contributed by atoms with Gasteiger partial charge in [-0.3, -0.25) is 9.69 Å². The summed E-state index contributed by atoms with van der Waals surface area (Å²) < 4.78 is 5.46. The van der Waals surface area contributed by atoms with Crippen molar-refractivity contribution >= 4 is 30.7 Å². The first kappa shape index (κ1) is 23.0. The fourth-order valence-corrected chi connectivity index (χ4v) is 4.52. The molecule has 0 aromatic rings. The lowest BCUT2D eigenvalue weighted by molar-refractivity contribution is -0.131. The molecule has 0 bridgehead atoms. The van der Waals surface area contributed by atoms with E-state index in [9.17, 15) is 4.79 Å². The summed E-state index contributed by atoms with van der Waals surface area (Å²) in [5, 5.41) is 3.41. The zero-order valence-corrected chi connectivity index (χ0v) is 17.2. The predicted octanol–water partition coefficient (Wildman–Crippen LogP) is 2.03. The van der Waals surface area contributed by atoms with Crippen LogP contribution in [0.2, 0.25) is 0 Å². The molecule has 7 heteroatoms. The number of hydrogen-bond donors (Lipinski definition) is 1. The lowest BCUT2D eigenvalue weighted by Gasteiger charge is -2.34. The summed E-state index contributed by atoms with van der Waals surface area (Å²) in [6.07, 6.45) is 3.18. The van der Waals surface area contributed by atoms with Gasteiger partial charge in [-0.25, -0.2) is 0 Å². The topological polar surface area (TPSA) is 44.8 Å². The number of morpholine rings is 1. The van der Waals surface area contributed by atoms with Gasteiger partial charge in [-0.2, -0.15) is 0 Å². The fourth-order valence-electron chi connectivity index (χ4n) is 4.52. The van der Waals surface area contributed by atoms with E-state index in [0.29, 0.717) is 23.8 Å². The van der Waals surface area contributed by atoms with E-state index in [1.165, 1.54) is 12.8 Å². The molecule has 3 rings (SSSR count). The Morgan fingerprint density at radius 3 is 2.44 bits per heavy atom. The van der Waals surface area contributed by atoms with Crippen LogP contribution < -0.4 is 5.32 Å². The second-order valence-corrected chi connectivity index (χ2v) is 7.76. The van der Waals surface area contributed by atoms with Crippen LogP contribution in [0.4, 0.5) is 0 Å². The molecule has 0 spiro atoms. The smallest absolute Gasteiger partial charge is 0.222 e. The van der Waals surface area contributed by atoms with E-state index >= 15 is 0 Å². The summed E-state index contributed by atoms with van der Waals surface area (Å²) in [7, 11) is 0. The Kier molecular flexibility index (Phi) is 10.0. The van der Waals surface area contributed by atoms with Crippen molar-refractivity contribution in [3.8, 4) is 0 Å². The van der Waals surface area contributed by atoms with E-state index in [0.717, 1.165) is 64.8 Å². The first-order valence-electron chi connectivity index (χ1n) is 9.45. The lowest BCUT2D eigenvalue weighted by Crippen LogP contribution is -2.47. The maximum Gasteiger partial charge on any atom is 0.222 e. The lowest BCUT2D eigenvalue weighted by atomic mass is 9.84. The number of carbonyl (C=O) groups excluding carboxylic acids is 1. The van der Waals surface area contributed by atoms with Crippen LogP contribution in [-0.2, 0) is 9.53 Å². The molecule has 0 radical (unpaired) electrons. The van der Waals surface area contributed by atoms with Gasteiger partial charge in [0.2, 0.25) is 5.91 Å². The first-order valence-corrected chi connectivity index (χ1v) is 9.45. The van der Waals surface area contributed by atoms with Gasteiger partial charge in [0.1, 0.15) is 0 Å². The van der Waals surface area contributed by atoms with E-state index in [1.54, 1.807) is 0 Å². The van der Waals surface area contributed by atoms with Gasteiger partial charge in [-0.05, 0) is 43.7 Å². The minimum absolute atomic E-state index is 0. The van der Waals surface area contributed by atoms with E-state index in [4.69, 9.17) is 4.74 Å². The first-order chi connectivity index (χ1) is 11.1. The van der Waals surface area contributed by atoms with Crippen LogP contribution >= 0.6 is 24.8 Å². The van der Waals surface area contributed by atoms with Crippen LogP contribution in [0.3, 0.4) is 0 Å². The molecule has 3 unspecified atom stereocenters. The van der Waals surface area contributed by atoms with Crippen molar-refractivity contribution in [1.29, 1.82) is 0 Å². The number of hydrogen-bond acceptors (Lipinski definition) is 4. The van der Waals surface area contributed by atoms with Crippen LogP contribution in [0.5, 0.6) is 0 Å². The van der Waals surface area contributed by atoms with Gasteiger partial charge < -0.3 is 15.0 Å². The Labute approximate surface area is 165 Å². The van der Waals surface area contributed by atoms with Crippen LogP contribution in [-0.4, -0.2) is 74.2 Å². The van der Waals surface area contributed by atoms with Crippen molar-refractivity contribution in [3.63, 3.8) is 0 Å². The summed E-state index contributed by atoms with van der Waals surface area (Å²) in [4.78, 5) is 17.4. The number of nitrogens with one attached hydrogen (secondary N) is 1. The molecule has 3 heterocycles. The van der Waals surface area contributed by atoms with Gasteiger partial charge in [-0.1, -0.05) is 13.8 Å². The number of ether oxygens (including phenoxy) is 1. The molecule has 3 aliphatic rings. The molecule has 3 atom stereocenters. The largest absolute Gasteiger partial charge is 0.379 e. The fraction of sp³-hybridized carbons (Fsp3) is 0.944. The highest BCUT2D eigenvalue weighted by molar-refractivity contribution is 5.85. The highest BCUT2D eigenvalue weighted by Gasteiger charge is 2.37. The van der Waals surface area contributed by atoms with Gasteiger partial charge in [0.05, 0.1) is 13.2 Å². The summed E-state index contributed by atoms with van der Waals surface area (Å²) >= 11 is 0. The normalized spacial score (nSPS) is 29.6. The maximum atomic E-state index is 12.7. The van der Waals surface area contributed by atoms with Crippen molar-refractivity contribution in [3.05, 3.63) is 0 Å². The Morgan fingerprint density at radius 1 is 1.16 bits per heavy atom. The molecule has 0 aromatic carbocycles. The van der Waals surface area contributed by atoms with Gasteiger partial charge >= 0.3 is 0 Å². The average molecular weight is 396 g/mol. The molecule has 3 fully saturated rings. The summed E-state index contributed by atoms with van der Waals surface area (Å²) in [5.74, 6) is 2.18. The second kappa shape index (κ2) is 10.9. The number of nitrogens with zero attached hydrogens (tertiary/aromatic N) is 2. The number of rotatable bonds is 4. The summed E-state index contributed by atoms with van der Waals surface area (Å²) in [5.41, 5.74) is 0. The Hall–Kier alpha value is -0.0700. The average Bonchev–Trinajstić information content (AvgIpc) is 2.98. The van der Waals surface area contributed by atoms with E-state index in [-0.39, 0.29) is 24.8 Å². The number of halogens is 2. The maximum absolute atomic E-state index is 12.7. The van der Waals surface area contributed by atoms with Crippen molar-refractivity contribution in [2.24, 2.45) is 17.8 Å². The standard InChI is InChI=1S/C18H33N3O2.2ClH/c1-14(16-3-5-19-6-4-16)11-18(22)21-12-15(2)17(13-21)20-7-9-23-10-8-20;;/h14-17,19H,3-13H2,1-2H3;2*1H. The third-order valence-corrected chi connectivity index (χ3v) is 6.13. The van der Waals surface area contributed by atoms with Crippen molar-refractivity contribution in [1.82, 2.24) is 15.1 Å². The molecule has 0 aromatic heterocycles. The highest BCUT2D eigenvalue weighted by atomic mass is 35.5. The second-order valence-electron chi connectivity index (χ2n) is 7.76. The third-order valence-electron chi connectivity index (χ3n) is 6.13. The molecule has 0 aliphatic carbocycles. The van der Waals surface area contributed by atoms with Crippen LogP contribution in [0.25, 0.3) is 0 Å². The molecular formula is C18H35Cl2N3O2. The summed E-state index contributed by atoms with van der Waals surface area (Å²) in [6, 6.07) is 0.525. The minimum Gasteiger partial charge on any atom is -0.379 e. The monoisotopic (exact) mass is 395 g/mol. The van der Waals surface area contributed by atoms with Gasteiger partial charge in [0.25, 0.3) is 0 Å². The Balaban J connectivity index is 0.00000156. The number of carbonyl (C=O) groups is 1. The molecule has 148 valence electrons. The zero-order chi connectivity index (χ0) is 16.2. The molecule has 1 N–H and O–H groups in total. The number of amides is 1. The van der Waals surface area contributed by atoms with Crippen LogP contribution in [0.1, 0.15) is 33.1 Å². The van der Waals surface area contributed by atoms with Crippen LogP contribution in [0, 0.1) is 17.8 Å². The quantitative estimate of drug-likeness (QED) is 0.790. The van der Waals surface area contributed by atoms with Crippen molar-refractivity contribution in [2.75, 3.05) is 52.5 Å². The molecule has 0 saturated carbocycles. The van der Waals surface area contributed by atoms with Crippen LogP contribution in [0.15, 0.2) is 0 Å². The minimum atomic E-state index is 0. The van der Waals surface area contributed by atoms with E-state index < -0.39 is 0 Å². The van der Waals surface area contributed by atoms with Gasteiger partial charge in [0.15, 0.2) is 0 Å². The van der Waals surface area contributed by atoms with Gasteiger partial charge in [0, 0.05) is 38.6 Å². The summed E-state index contributed by atoms with van der Waals surface area (Å²) in [6.45, 7) is 12.3. The molecule has 5 nitrogen and oxygen atoms in total. The highest BCUT2D eigenvalue weighted by Crippen LogP contribution is 2.28.